The summed E-state index contributed by atoms with van der Waals surface area (Å²) in [7, 11) is 0. The molecule has 0 unspecified atom stereocenters. The lowest BCUT2D eigenvalue weighted by atomic mass is 10.1. The Bertz CT molecular complexity index is 784. The van der Waals surface area contributed by atoms with Gasteiger partial charge < -0.3 is 10.1 Å². The van der Waals surface area contributed by atoms with Gasteiger partial charge in [-0.1, -0.05) is 6.07 Å². The van der Waals surface area contributed by atoms with Crippen LogP contribution in [0, 0.1) is 13.8 Å². The quantitative estimate of drug-likeness (QED) is 0.738. The molecule has 8 heteroatoms. The molecule has 1 aromatic heterocycles. The molecule has 0 aliphatic carbocycles. The molecule has 0 saturated heterocycles. The minimum Gasteiger partial charge on any atom is -0.406 e. The van der Waals surface area contributed by atoms with Gasteiger partial charge in [0.15, 0.2) is 5.78 Å². The Morgan fingerprint density at radius 1 is 1.16 bits per heavy atom. The summed E-state index contributed by atoms with van der Waals surface area (Å²) in [6.07, 6.45) is -4.83. The molecule has 1 aromatic carbocycles. The molecule has 134 valence electrons. The van der Waals surface area contributed by atoms with Crippen molar-refractivity contribution in [1.29, 1.82) is 0 Å². The van der Waals surface area contributed by atoms with Crippen LogP contribution in [0.15, 0.2) is 30.3 Å². The van der Waals surface area contributed by atoms with Crippen molar-refractivity contribution in [1.82, 2.24) is 0 Å². The summed E-state index contributed by atoms with van der Waals surface area (Å²) < 4.78 is 40.4. The number of hydrogen-bond donors (Lipinski definition) is 1. The molecule has 1 heterocycles. The second-order valence-electron chi connectivity index (χ2n) is 5.37. The van der Waals surface area contributed by atoms with Crippen LogP contribution in [0.2, 0.25) is 0 Å². The van der Waals surface area contributed by atoms with Crippen LogP contribution < -0.4 is 10.1 Å². The van der Waals surface area contributed by atoms with Crippen LogP contribution in [-0.2, 0) is 4.79 Å². The van der Waals surface area contributed by atoms with E-state index < -0.39 is 18.0 Å². The highest BCUT2D eigenvalue weighted by atomic mass is 32.1. The Kier molecular flexibility index (Phi) is 5.84. The number of amides is 1. The molecule has 1 N–H and O–H groups in total. The molecule has 2 rings (SSSR count). The summed E-state index contributed by atoms with van der Waals surface area (Å²) in [4.78, 5) is 26.0. The third kappa shape index (κ3) is 5.90. The minimum atomic E-state index is -4.80. The molecule has 0 radical (unpaired) electrons. The van der Waals surface area contributed by atoms with Crippen molar-refractivity contribution in [2.45, 2.75) is 33.1 Å². The number of Topliss-reactive ketones (excluding diaryl/α,β-unsaturated/α-hetero) is 1. The molecule has 0 bridgehead atoms. The zero-order valence-electron chi connectivity index (χ0n) is 13.6. The van der Waals surface area contributed by atoms with E-state index in [9.17, 15) is 22.8 Å². The predicted octanol–water partition coefficient (Wildman–Crippen LogP) is 4.87. The first-order valence-electron chi connectivity index (χ1n) is 7.40. The van der Waals surface area contributed by atoms with Gasteiger partial charge in [-0.05, 0) is 32.0 Å². The summed E-state index contributed by atoms with van der Waals surface area (Å²) in [6, 6.07) is 6.76. The molecular weight excluding hydrogens is 355 g/mol. The van der Waals surface area contributed by atoms with Gasteiger partial charge in [0.25, 0.3) is 0 Å². The molecular formula is C17H16F3NO3S. The van der Waals surface area contributed by atoms with Crippen LogP contribution in [0.5, 0.6) is 5.75 Å². The number of hydrogen-bond acceptors (Lipinski definition) is 4. The lowest BCUT2D eigenvalue weighted by Crippen LogP contribution is -2.17. The molecule has 25 heavy (non-hydrogen) atoms. The number of aryl methyl sites for hydroxylation is 2. The molecule has 0 aliphatic heterocycles. The monoisotopic (exact) mass is 371 g/mol. The normalized spacial score (nSPS) is 11.2. The number of ketones is 1. The average Bonchev–Trinajstić information content (AvgIpc) is 2.82. The van der Waals surface area contributed by atoms with Gasteiger partial charge in [-0.15, -0.1) is 24.5 Å². The van der Waals surface area contributed by atoms with Gasteiger partial charge in [0.1, 0.15) is 5.75 Å². The van der Waals surface area contributed by atoms with Gasteiger partial charge in [0.2, 0.25) is 5.91 Å². The SMILES string of the molecule is Cc1cc(C(=O)CCC(=O)Nc2cccc(OC(F)(F)F)c2)c(C)s1. The lowest BCUT2D eigenvalue weighted by Gasteiger charge is -2.10. The van der Waals surface area contributed by atoms with Crippen LogP contribution in [0.3, 0.4) is 0 Å². The highest BCUT2D eigenvalue weighted by Gasteiger charge is 2.31. The number of halogens is 3. The third-order valence-corrected chi connectivity index (χ3v) is 4.24. The molecule has 1 amide bonds. The fraction of sp³-hybridized carbons (Fsp3) is 0.294. The summed E-state index contributed by atoms with van der Waals surface area (Å²) in [6.45, 7) is 3.74. The van der Waals surface area contributed by atoms with Crippen molar-refractivity contribution < 1.29 is 27.5 Å². The Balaban J connectivity index is 1.91. The summed E-state index contributed by atoms with van der Waals surface area (Å²) in [5.41, 5.74) is 0.776. The zero-order chi connectivity index (χ0) is 18.6. The highest BCUT2D eigenvalue weighted by molar-refractivity contribution is 7.12. The van der Waals surface area contributed by atoms with Crippen molar-refractivity contribution in [3.05, 3.63) is 45.6 Å². The fourth-order valence-corrected chi connectivity index (χ4v) is 3.21. The lowest BCUT2D eigenvalue weighted by molar-refractivity contribution is -0.274. The Morgan fingerprint density at radius 3 is 2.48 bits per heavy atom. The van der Waals surface area contributed by atoms with Gasteiger partial charge >= 0.3 is 6.36 Å². The zero-order valence-corrected chi connectivity index (χ0v) is 14.4. The molecule has 2 aromatic rings. The molecule has 0 atom stereocenters. The average molecular weight is 371 g/mol. The maximum atomic E-state index is 12.2. The van der Waals surface area contributed by atoms with E-state index in [4.69, 9.17) is 0 Å². The number of carbonyl (C=O) groups excluding carboxylic acids is 2. The Labute approximate surface area is 146 Å². The van der Waals surface area contributed by atoms with Crippen LogP contribution in [0.1, 0.15) is 33.0 Å². The predicted molar refractivity (Wildman–Crippen MR) is 89.1 cm³/mol. The summed E-state index contributed by atoms with van der Waals surface area (Å²) in [5, 5.41) is 2.46. The minimum absolute atomic E-state index is 0.0294. The number of nitrogens with one attached hydrogen (secondary N) is 1. The number of anilines is 1. The molecule has 0 aliphatic rings. The van der Waals surface area contributed by atoms with Crippen LogP contribution in [0.4, 0.5) is 18.9 Å². The first-order valence-corrected chi connectivity index (χ1v) is 8.21. The largest absolute Gasteiger partial charge is 0.573 e. The standard InChI is InChI=1S/C17H16F3NO3S/c1-10-8-14(11(2)25-10)15(22)6-7-16(23)21-12-4-3-5-13(9-12)24-17(18,19)20/h3-5,8-9H,6-7H2,1-2H3,(H,21,23). The number of benzene rings is 1. The topological polar surface area (TPSA) is 55.4 Å². The van der Waals surface area contributed by atoms with E-state index in [1.807, 2.05) is 13.8 Å². The third-order valence-electron chi connectivity index (χ3n) is 3.27. The van der Waals surface area contributed by atoms with Gasteiger partial charge in [-0.25, -0.2) is 0 Å². The van der Waals surface area contributed by atoms with E-state index in [1.54, 1.807) is 6.07 Å². The second-order valence-corrected chi connectivity index (χ2v) is 6.83. The van der Waals surface area contributed by atoms with Gasteiger partial charge in [-0.2, -0.15) is 0 Å². The maximum Gasteiger partial charge on any atom is 0.573 e. The van der Waals surface area contributed by atoms with Crippen LogP contribution in [0.25, 0.3) is 0 Å². The van der Waals surface area contributed by atoms with Gasteiger partial charge in [0.05, 0.1) is 0 Å². The van der Waals surface area contributed by atoms with Crippen LogP contribution in [-0.4, -0.2) is 18.1 Å². The van der Waals surface area contributed by atoms with Gasteiger partial charge in [-0.3, -0.25) is 9.59 Å². The number of rotatable bonds is 6. The van der Waals surface area contributed by atoms with E-state index in [0.717, 1.165) is 21.9 Å². The summed E-state index contributed by atoms with van der Waals surface area (Å²) in [5.74, 6) is -1.01. The number of carbonyl (C=O) groups is 2. The second kappa shape index (κ2) is 7.69. The molecule has 0 saturated carbocycles. The van der Waals surface area contributed by atoms with E-state index in [0.29, 0.717) is 5.56 Å². The Hall–Kier alpha value is -2.35. The van der Waals surface area contributed by atoms with Gasteiger partial charge in [0, 0.05) is 39.9 Å². The van der Waals surface area contributed by atoms with Crippen molar-refractivity contribution in [3.8, 4) is 5.75 Å². The van der Waals surface area contributed by atoms with Crippen molar-refractivity contribution in [3.63, 3.8) is 0 Å². The van der Waals surface area contributed by atoms with Crippen molar-refractivity contribution in [2.24, 2.45) is 0 Å². The van der Waals surface area contributed by atoms with Crippen molar-refractivity contribution in [2.75, 3.05) is 5.32 Å². The van der Waals surface area contributed by atoms with Crippen molar-refractivity contribution >= 4 is 28.7 Å². The number of alkyl halides is 3. The Morgan fingerprint density at radius 2 is 1.88 bits per heavy atom. The number of ether oxygens (including phenoxy) is 1. The maximum absolute atomic E-state index is 12.2. The first-order chi connectivity index (χ1) is 11.6. The number of thiophene rings is 1. The highest BCUT2D eigenvalue weighted by Crippen LogP contribution is 2.25. The van der Waals surface area contributed by atoms with Crippen LogP contribution >= 0.6 is 11.3 Å². The van der Waals surface area contributed by atoms with E-state index in [2.05, 4.69) is 10.1 Å². The smallest absolute Gasteiger partial charge is 0.406 e. The molecule has 4 nitrogen and oxygen atoms in total. The van der Waals surface area contributed by atoms with E-state index in [-0.39, 0.29) is 24.3 Å². The van der Waals surface area contributed by atoms with E-state index in [1.165, 1.54) is 23.5 Å². The first kappa shape index (κ1) is 19.0. The summed E-state index contributed by atoms with van der Waals surface area (Å²) >= 11 is 1.51. The molecule has 0 fully saturated rings. The van der Waals surface area contributed by atoms with E-state index >= 15 is 0 Å². The molecule has 0 spiro atoms. The fourth-order valence-electron chi connectivity index (χ4n) is 2.26.